The van der Waals surface area contributed by atoms with Crippen LogP contribution in [0.15, 0.2) is 42.5 Å². The molecule has 2 aromatic carbocycles. The Morgan fingerprint density at radius 2 is 1.76 bits per heavy atom. The maximum absolute atomic E-state index is 13.4. The highest BCUT2D eigenvalue weighted by molar-refractivity contribution is 6.12. The molecule has 0 aliphatic carbocycles. The van der Waals surface area contributed by atoms with Crippen LogP contribution in [0.2, 0.25) is 0 Å². The second kappa shape index (κ2) is 10.9. The minimum Gasteiger partial charge on any atom is -0.465 e. The molecule has 1 heterocycles. The summed E-state index contributed by atoms with van der Waals surface area (Å²) in [5.74, 6) is -3.09. The summed E-state index contributed by atoms with van der Waals surface area (Å²) in [7, 11) is 2.72. The van der Waals surface area contributed by atoms with Crippen molar-refractivity contribution in [1.29, 1.82) is 0 Å². The van der Waals surface area contributed by atoms with E-state index in [2.05, 4.69) is 4.74 Å². The lowest BCUT2D eigenvalue weighted by Gasteiger charge is -2.38. The first-order valence-corrected chi connectivity index (χ1v) is 11.3. The zero-order chi connectivity index (χ0) is 27.5. The number of amides is 4. The van der Waals surface area contributed by atoms with E-state index < -0.39 is 48.2 Å². The van der Waals surface area contributed by atoms with Gasteiger partial charge in [-0.2, -0.15) is 13.2 Å². The van der Waals surface area contributed by atoms with Crippen molar-refractivity contribution >= 4 is 35.4 Å². The third-order valence-corrected chi connectivity index (χ3v) is 6.04. The maximum atomic E-state index is 13.4. The lowest BCUT2D eigenvalue weighted by Crippen LogP contribution is -2.58. The third-order valence-electron chi connectivity index (χ3n) is 6.04. The van der Waals surface area contributed by atoms with Gasteiger partial charge < -0.3 is 9.47 Å². The number of alkyl halides is 3. The number of imide groups is 1. The summed E-state index contributed by atoms with van der Waals surface area (Å²) in [5, 5.41) is 0. The van der Waals surface area contributed by atoms with Crippen molar-refractivity contribution in [2.75, 3.05) is 37.1 Å². The highest BCUT2D eigenvalue weighted by Gasteiger charge is 2.44. The van der Waals surface area contributed by atoms with Gasteiger partial charge in [0.1, 0.15) is 0 Å². The number of hydrogen-bond acceptors (Lipinski definition) is 6. The zero-order valence-corrected chi connectivity index (χ0v) is 20.7. The molecule has 12 heteroatoms. The van der Waals surface area contributed by atoms with Gasteiger partial charge in [0, 0.05) is 18.4 Å². The van der Waals surface area contributed by atoms with Crippen LogP contribution in [0, 0.1) is 12.8 Å². The van der Waals surface area contributed by atoms with Crippen molar-refractivity contribution in [2.24, 2.45) is 5.92 Å². The Balaban J connectivity index is 1.98. The number of ether oxygens (including phenoxy) is 2. The number of esters is 1. The van der Waals surface area contributed by atoms with Crippen LogP contribution in [-0.2, 0) is 31.8 Å². The smallest absolute Gasteiger partial charge is 0.416 e. The molecule has 198 valence electrons. The molecule has 1 unspecified atom stereocenters. The first-order valence-electron chi connectivity index (χ1n) is 11.3. The molecule has 0 aromatic heterocycles. The molecule has 0 spiro atoms. The average molecular weight is 521 g/mol. The molecule has 1 fully saturated rings. The summed E-state index contributed by atoms with van der Waals surface area (Å²) in [6.07, 6.45) is -5.23. The molecule has 0 N–H and O–H groups in total. The molecule has 0 bridgehead atoms. The summed E-state index contributed by atoms with van der Waals surface area (Å²) in [4.78, 5) is 54.1. The fourth-order valence-corrected chi connectivity index (χ4v) is 3.98. The van der Waals surface area contributed by atoms with Crippen LogP contribution in [0.5, 0.6) is 0 Å². The van der Waals surface area contributed by atoms with Crippen molar-refractivity contribution in [3.63, 3.8) is 0 Å². The van der Waals surface area contributed by atoms with Crippen molar-refractivity contribution in [1.82, 2.24) is 4.90 Å². The molecule has 1 saturated heterocycles. The lowest BCUT2D eigenvalue weighted by atomic mass is 9.99. The van der Waals surface area contributed by atoms with Gasteiger partial charge in [-0.25, -0.2) is 9.59 Å². The summed E-state index contributed by atoms with van der Waals surface area (Å²) in [5.41, 5.74) is -0.147. The summed E-state index contributed by atoms with van der Waals surface area (Å²) < 4.78 is 49.9. The van der Waals surface area contributed by atoms with E-state index in [4.69, 9.17) is 4.74 Å². The molecule has 1 aliphatic heterocycles. The van der Waals surface area contributed by atoms with Crippen molar-refractivity contribution in [3.05, 3.63) is 59.2 Å². The van der Waals surface area contributed by atoms with E-state index in [0.717, 1.165) is 11.0 Å². The quantitative estimate of drug-likeness (QED) is 0.414. The van der Waals surface area contributed by atoms with Crippen LogP contribution in [0.4, 0.5) is 34.1 Å². The average Bonchev–Trinajstić information content (AvgIpc) is 2.86. The topological polar surface area (TPSA) is 96.5 Å². The van der Waals surface area contributed by atoms with Crippen LogP contribution in [0.25, 0.3) is 0 Å². The highest BCUT2D eigenvalue weighted by Crippen LogP contribution is 2.34. The predicted molar refractivity (Wildman–Crippen MR) is 127 cm³/mol. The van der Waals surface area contributed by atoms with Gasteiger partial charge in [0.15, 0.2) is 5.92 Å². The van der Waals surface area contributed by atoms with Gasteiger partial charge >= 0.3 is 24.3 Å². The van der Waals surface area contributed by atoms with Gasteiger partial charge in [-0.1, -0.05) is 12.1 Å². The van der Waals surface area contributed by atoms with Gasteiger partial charge in [-0.3, -0.25) is 24.3 Å². The van der Waals surface area contributed by atoms with Crippen LogP contribution in [0.1, 0.15) is 23.6 Å². The predicted octanol–water partition coefficient (Wildman–Crippen LogP) is 4.36. The van der Waals surface area contributed by atoms with Crippen molar-refractivity contribution < 1.29 is 41.8 Å². The molecule has 37 heavy (non-hydrogen) atoms. The molecular formula is C25H26F3N3O6. The van der Waals surface area contributed by atoms with E-state index in [-0.39, 0.29) is 24.3 Å². The number of urea groups is 1. The number of carbonyl (C=O) groups excluding carboxylic acids is 4. The van der Waals surface area contributed by atoms with Crippen molar-refractivity contribution in [3.8, 4) is 0 Å². The zero-order valence-electron chi connectivity index (χ0n) is 20.7. The molecule has 2 aromatic rings. The summed E-state index contributed by atoms with van der Waals surface area (Å²) in [6.45, 7) is 2.03. The SMILES string of the molecule is CCOC(=O)C1CN(c2ccc(N(C)C(=O)OC)cc2)C(=O)N(Cc2cccc(C(F)(F)F)c2C)C1=O. The molecule has 1 atom stereocenters. The number of halogens is 3. The molecule has 4 amide bonds. The Bertz CT molecular complexity index is 1200. The van der Waals surface area contributed by atoms with Gasteiger partial charge in [-0.15, -0.1) is 0 Å². The second-order valence-electron chi connectivity index (χ2n) is 8.26. The number of hydrogen-bond donors (Lipinski definition) is 0. The molecule has 0 radical (unpaired) electrons. The number of rotatable bonds is 6. The number of nitrogens with zero attached hydrogens (tertiary/aromatic N) is 3. The Morgan fingerprint density at radius 3 is 2.32 bits per heavy atom. The highest BCUT2D eigenvalue weighted by atomic mass is 19.4. The van der Waals surface area contributed by atoms with Crippen LogP contribution in [0.3, 0.4) is 0 Å². The Labute approximate surface area is 211 Å². The monoisotopic (exact) mass is 521 g/mol. The van der Waals surface area contributed by atoms with E-state index in [1.807, 2.05) is 0 Å². The second-order valence-corrected chi connectivity index (χ2v) is 8.26. The van der Waals surface area contributed by atoms with Crippen LogP contribution in [-0.4, -0.2) is 56.2 Å². The molecule has 0 saturated carbocycles. The maximum Gasteiger partial charge on any atom is 0.416 e. The molecular weight excluding hydrogens is 495 g/mol. The fraction of sp³-hybridized carbons (Fsp3) is 0.360. The molecule has 1 aliphatic rings. The van der Waals surface area contributed by atoms with Crippen LogP contribution < -0.4 is 9.80 Å². The minimum atomic E-state index is -4.62. The normalized spacial score (nSPS) is 16.0. The number of methoxy groups -OCH3 is 1. The van der Waals surface area contributed by atoms with Gasteiger partial charge in [0.2, 0.25) is 5.91 Å². The Hall–Kier alpha value is -4.09. The fourth-order valence-electron chi connectivity index (χ4n) is 3.98. The van der Waals surface area contributed by atoms with E-state index in [9.17, 15) is 32.3 Å². The number of benzene rings is 2. The lowest BCUT2D eigenvalue weighted by molar-refractivity contribution is -0.154. The molecule has 3 rings (SSSR count). The largest absolute Gasteiger partial charge is 0.465 e. The van der Waals surface area contributed by atoms with Gasteiger partial charge in [0.25, 0.3) is 0 Å². The van der Waals surface area contributed by atoms with Crippen molar-refractivity contribution in [2.45, 2.75) is 26.6 Å². The standard InChI is InChI=1S/C25H26F3N3O6/c1-5-37-22(33)19-14-30(18-11-9-17(10-12-18)29(3)24(35)36-4)23(34)31(21(19)32)13-16-7-6-8-20(15(16)2)25(26,27)28/h6-12,19H,5,13-14H2,1-4H3. The third kappa shape index (κ3) is 5.68. The van der Waals surface area contributed by atoms with E-state index in [0.29, 0.717) is 11.4 Å². The Kier molecular flexibility index (Phi) is 8.09. The first kappa shape index (κ1) is 27.5. The minimum absolute atomic E-state index is 0.00213. The number of carbonyl (C=O) groups is 4. The summed E-state index contributed by atoms with van der Waals surface area (Å²) >= 11 is 0. The molecule has 9 nitrogen and oxygen atoms in total. The first-order chi connectivity index (χ1) is 17.4. The van der Waals surface area contributed by atoms with Gasteiger partial charge in [-0.05, 0) is 55.3 Å². The van der Waals surface area contributed by atoms with Gasteiger partial charge in [0.05, 0.1) is 32.4 Å². The van der Waals surface area contributed by atoms with Crippen LogP contribution >= 0.6 is 0 Å². The Morgan fingerprint density at radius 1 is 1.11 bits per heavy atom. The summed E-state index contributed by atoms with van der Waals surface area (Å²) in [6, 6.07) is 8.79. The van der Waals surface area contributed by atoms with E-state index in [1.54, 1.807) is 6.92 Å². The van der Waals surface area contributed by atoms with E-state index >= 15 is 0 Å². The van der Waals surface area contributed by atoms with E-state index in [1.165, 1.54) is 67.3 Å². The number of anilines is 2.